The van der Waals surface area contributed by atoms with Crippen molar-refractivity contribution in [3.05, 3.63) is 59.7 Å². The number of aryl methyl sites for hydroxylation is 1. The minimum atomic E-state index is 0.0973. The SMILES string of the molecule is Cc1ccc(C(CNc2cc(C#N)nc3ccccc23)N2CCOCC2)o1. The van der Waals surface area contributed by atoms with Crippen LogP contribution in [0.3, 0.4) is 0 Å². The molecule has 0 amide bonds. The molecule has 6 nitrogen and oxygen atoms in total. The summed E-state index contributed by atoms with van der Waals surface area (Å²) in [6, 6.07) is 16.0. The molecule has 6 heteroatoms. The number of ether oxygens (including phenoxy) is 1. The summed E-state index contributed by atoms with van der Waals surface area (Å²) in [5.74, 6) is 1.85. The fourth-order valence-corrected chi connectivity index (χ4v) is 3.52. The highest BCUT2D eigenvalue weighted by molar-refractivity contribution is 5.91. The molecule has 2 aromatic heterocycles. The highest BCUT2D eigenvalue weighted by Gasteiger charge is 2.25. The number of aromatic nitrogens is 1. The Balaban J connectivity index is 1.62. The smallest absolute Gasteiger partial charge is 0.143 e. The van der Waals surface area contributed by atoms with E-state index in [9.17, 15) is 5.26 Å². The van der Waals surface area contributed by atoms with E-state index in [0.717, 1.165) is 54.4 Å². The molecule has 0 bridgehead atoms. The molecule has 1 fully saturated rings. The first-order valence-corrected chi connectivity index (χ1v) is 9.16. The van der Waals surface area contributed by atoms with Crippen molar-refractivity contribution in [2.75, 3.05) is 38.2 Å². The monoisotopic (exact) mass is 362 g/mol. The van der Waals surface area contributed by atoms with Crippen molar-refractivity contribution in [2.24, 2.45) is 0 Å². The van der Waals surface area contributed by atoms with Crippen molar-refractivity contribution < 1.29 is 9.15 Å². The van der Waals surface area contributed by atoms with Crippen molar-refractivity contribution >= 4 is 16.6 Å². The van der Waals surface area contributed by atoms with Crippen molar-refractivity contribution in [3.63, 3.8) is 0 Å². The minimum Gasteiger partial charge on any atom is -0.465 e. The number of rotatable bonds is 5. The van der Waals surface area contributed by atoms with E-state index in [0.29, 0.717) is 12.2 Å². The van der Waals surface area contributed by atoms with Gasteiger partial charge in [-0.15, -0.1) is 0 Å². The molecule has 0 spiro atoms. The number of pyridine rings is 1. The number of morpholine rings is 1. The predicted molar refractivity (Wildman–Crippen MR) is 104 cm³/mol. The third-order valence-corrected chi connectivity index (χ3v) is 4.89. The van der Waals surface area contributed by atoms with Gasteiger partial charge in [-0.2, -0.15) is 5.26 Å². The Kier molecular flexibility index (Phi) is 5.05. The van der Waals surface area contributed by atoms with Crippen LogP contribution >= 0.6 is 0 Å². The van der Waals surface area contributed by atoms with E-state index in [1.807, 2.05) is 49.4 Å². The molecule has 1 N–H and O–H groups in total. The van der Waals surface area contributed by atoms with Crippen molar-refractivity contribution in [3.8, 4) is 6.07 Å². The van der Waals surface area contributed by atoms with Gasteiger partial charge in [-0.25, -0.2) is 4.98 Å². The van der Waals surface area contributed by atoms with Crippen LogP contribution in [0.5, 0.6) is 0 Å². The van der Waals surface area contributed by atoms with Gasteiger partial charge in [0.25, 0.3) is 0 Å². The van der Waals surface area contributed by atoms with Crippen LogP contribution in [0, 0.1) is 18.3 Å². The van der Waals surface area contributed by atoms with Gasteiger partial charge in [0, 0.05) is 30.7 Å². The van der Waals surface area contributed by atoms with Crippen LogP contribution in [0.15, 0.2) is 46.9 Å². The number of benzene rings is 1. The molecule has 3 heterocycles. The summed E-state index contributed by atoms with van der Waals surface area (Å²) < 4.78 is 11.4. The van der Waals surface area contributed by atoms with E-state index in [4.69, 9.17) is 9.15 Å². The number of nitriles is 1. The number of nitrogens with one attached hydrogen (secondary N) is 1. The molecule has 138 valence electrons. The summed E-state index contributed by atoms with van der Waals surface area (Å²) in [6.07, 6.45) is 0. The lowest BCUT2D eigenvalue weighted by molar-refractivity contribution is 0.0143. The Labute approximate surface area is 158 Å². The number of anilines is 1. The van der Waals surface area contributed by atoms with Crippen molar-refractivity contribution in [2.45, 2.75) is 13.0 Å². The Morgan fingerprint density at radius 1 is 1.22 bits per heavy atom. The first-order chi connectivity index (χ1) is 13.2. The van der Waals surface area contributed by atoms with Crippen LogP contribution in [0.25, 0.3) is 10.9 Å². The molecule has 0 radical (unpaired) electrons. The largest absolute Gasteiger partial charge is 0.465 e. The van der Waals surface area contributed by atoms with Crippen LogP contribution in [0.2, 0.25) is 0 Å². The lowest BCUT2D eigenvalue weighted by atomic mass is 10.1. The maximum absolute atomic E-state index is 9.31. The molecule has 3 aromatic rings. The molecule has 1 aliphatic rings. The van der Waals surface area contributed by atoms with Crippen LogP contribution in [0.4, 0.5) is 5.69 Å². The maximum Gasteiger partial charge on any atom is 0.143 e. The Hall–Kier alpha value is -2.88. The molecule has 1 unspecified atom stereocenters. The first-order valence-electron chi connectivity index (χ1n) is 9.16. The van der Waals surface area contributed by atoms with E-state index >= 15 is 0 Å². The van der Waals surface area contributed by atoms with Gasteiger partial charge < -0.3 is 14.5 Å². The summed E-state index contributed by atoms with van der Waals surface area (Å²) in [7, 11) is 0. The highest BCUT2D eigenvalue weighted by atomic mass is 16.5. The number of hydrogen-bond donors (Lipinski definition) is 1. The Morgan fingerprint density at radius 3 is 2.78 bits per heavy atom. The van der Waals surface area contributed by atoms with Gasteiger partial charge in [0.1, 0.15) is 23.3 Å². The molecule has 27 heavy (non-hydrogen) atoms. The van der Waals surface area contributed by atoms with E-state index in [1.54, 1.807) is 0 Å². The second-order valence-electron chi connectivity index (χ2n) is 6.68. The van der Waals surface area contributed by atoms with Crippen molar-refractivity contribution in [1.29, 1.82) is 5.26 Å². The Morgan fingerprint density at radius 2 is 2.04 bits per heavy atom. The zero-order chi connectivity index (χ0) is 18.6. The van der Waals surface area contributed by atoms with Crippen molar-refractivity contribution in [1.82, 2.24) is 9.88 Å². The maximum atomic E-state index is 9.31. The molecule has 0 aliphatic carbocycles. The van der Waals surface area contributed by atoms with E-state index in [-0.39, 0.29) is 6.04 Å². The van der Waals surface area contributed by atoms with Gasteiger partial charge in [0.05, 0.1) is 24.8 Å². The van der Waals surface area contributed by atoms with Gasteiger partial charge in [-0.05, 0) is 31.2 Å². The van der Waals surface area contributed by atoms with Gasteiger partial charge in [-0.3, -0.25) is 4.90 Å². The molecule has 1 aliphatic heterocycles. The lowest BCUT2D eigenvalue weighted by Gasteiger charge is -2.33. The highest BCUT2D eigenvalue weighted by Crippen LogP contribution is 2.27. The second kappa shape index (κ2) is 7.78. The van der Waals surface area contributed by atoms with Gasteiger partial charge in [0.15, 0.2) is 0 Å². The van der Waals surface area contributed by atoms with Crippen LogP contribution in [-0.4, -0.2) is 42.7 Å². The van der Waals surface area contributed by atoms with E-state index in [1.165, 1.54) is 0 Å². The molecular weight excluding hydrogens is 340 g/mol. The summed E-state index contributed by atoms with van der Waals surface area (Å²) in [4.78, 5) is 6.76. The molecule has 1 atom stereocenters. The standard InChI is InChI=1S/C21H22N4O2/c1-15-6-7-21(27-15)20(25-8-10-26-11-9-25)14-23-19-12-16(13-22)24-18-5-3-2-4-17(18)19/h2-7,12,20H,8-11,14H2,1H3,(H,23,24). The third-order valence-electron chi connectivity index (χ3n) is 4.89. The summed E-state index contributed by atoms with van der Waals surface area (Å²) in [5, 5.41) is 13.8. The van der Waals surface area contributed by atoms with Crippen LogP contribution in [-0.2, 0) is 4.74 Å². The molecular formula is C21H22N4O2. The molecule has 4 rings (SSSR count). The topological polar surface area (TPSA) is 74.3 Å². The van der Waals surface area contributed by atoms with E-state index < -0.39 is 0 Å². The fourth-order valence-electron chi connectivity index (χ4n) is 3.52. The quantitative estimate of drug-likeness (QED) is 0.749. The average molecular weight is 362 g/mol. The lowest BCUT2D eigenvalue weighted by Crippen LogP contribution is -2.41. The third kappa shape index (κ3) is 3.80. The van der Waals surface area contributed by atoms with Gasteiger partial charge in [-0.1, -0.05) is 18.2 Å². The van der Waals surface area contributed by atoms with E-state index in [2.05, 4.69) is 21.3 Å². The summed E-state index contributed by atoms with van der Waals surface area (Å²) >= 11 is 0. The molecule has 1 saturated heterocycles. The average Bonchev–Trinajstić information content (AvgIpc) is 3.14. The molecule has 0 saturated carbocycles. The zero-order valence-electron chi connectivity index (χ0n) is 15.3. The summed E-state index contributed by atoms with van der Waals surface area (Å²) in [6.45, 7) is 5.83. The number of nitrogens with zero attached hydrogens (tertiary/aromatic N) is 3. The first kappa shape index (κ1) is 17.5. The minimum absolute atomic E-state index is 0.0973. The fraction of sp³-hybridized carbons (Fsp3) is 0.333. The number of furan rings is 1. The number of hydrogen-bond acceptors (Lipinski definition) is 6. The predicted octanol–water partition coefficient (Wildman–Crippen LogP) is 3.49. The molecule has 1 aromatic carbocycles. The Bertz CT molecular complexity index is 970. The van der Waals surface area contributed by atoms with Gasteiger partial charge in [0.2, 0.25) is 0 Å². The normalized spacial score (nSPS) is 16.1. The number of para-hydroxylation sites is 1. The summed E-state index contributed by atoms with van der Waals surface area (Å²) in [5.41, 5.74) is 2.14. The van der Waals surface area contributed by atoms with Crippen LogP contribution < -0.4 is 5.32 Å². The van der Waals surface area contributed by atoms with Crippen LogP contribution in [0.1, 0.15) is 23.3 Å². The van der Waals surface area contributed by atoms with Gasteiger partial charge >= 0.3 is 0 Å². The number of fused-ring (bicyclic) bond motifs is 1. The zero-order valence-corrected chi connectivity index (χ0v) is 15.3. The second-order valence-corrected chi connectivity index (χ2v) is 6.68.